The molecule has 15 heavy (non-hydrogen) atoms. The summed E-state index contributed by atoms with van der Waals surface area (Å²) >= 11 is 0. The number of unbranched alkanes of at least 4 members (excludes halogenated alkanes) is 2. The highest BCUT2D eigenvalue weighted by atomic mass is 32.2. The largest absolute Gasteiger partial charge is 0.360 e. The summed E-state index contributed by atoms with van der Waals surface area (Å²) in [5, 5.41) is 1.32. The molecule has 1 aliphatic rings. The number of hydrogen-bond acceptors (Lipinski definition) is 5. The van der Waals surface area contributed by atoms with Crippen molar-refractivity contribution in [3.8, 4) is 0 Å². The summed E-state index contributed by atoms with van der Waals surface area (Å²) in [7, 11) is -1.56. The van der Waals surface area contributed by atoms with Crippen LogP contribution < -0.4 is 0 Å². The van der Waals surface area contributed by atoms with Gasteiger partial charge in [0.15, 0.2) is 0 Å². The Bertz CT molecular complexity index is 313. The fourth-order valence-electron chi connectivity index (χ4n) is 1.26. The van der Waals surface area contributed by atoms with E-state index in [9.17, 15) is 8.42 Å². The van der Waals surface area contributed by atoms with Gasteiger partial charge < -0.3 is 4.90 Å². The van der Waals surface area contributed by atoms with Crippen LogP contribution in [0.5, 0.6) is 0 Å². The molecular weight excluding hydrogens is 216 g/mol. The zero-order valence-electron chi connectivity index (χ0n) is 9.22. The van der Waals surface area contributed by atoms with E-state index < -0.39 is 10.1 Å². The van der Waals surface area contributed by atoms with E-state index in [4.69, 9.17) is 4.28 Å². The minimum atomic E-state index is -3.41. The molecule has 0 radical (unpaired) electrons. The SMILES string of the molecule is CCCCCS(=O)(=O)ON1C=CN(C)C1. The predicted molar refractivity (Wildman–Crippen MR) is 58.0 cm³/mol. The maximum absolute atomic E-state index is 11.5. The molecule has 0 aromatic rings. The Morgan fingerprint density at radius 2 is 2.07 bits per heavy atom. The second-order valence-electron chi connectivity index (χ2n) is 3.66. The Morgan fingerprint density at radius 1 is 1.33 bits per heavy atom. The zero-order chi connectivity index (χ0) is 11.3. The molecular formula is C9H18N2O3S. The maximum Gasteiger partial charge on any atom is 0.288 e. The van der Waals surface area contributed by atoms with E-state index >= 15 is 0 Å². The normalized spacial score (nSPS) is 16.4. The molecule has 88 valence electrons. The first-order valence-corrected chi connectivity index (χ1v) is 6.69. The second kappa shape index (κ2) is 5.37. The van der Waals surface area contributed by atoms with Crippen LogP contribution >= 0.6 is 0 Å². The van der Waals surface area contributed by atoms with Crippen LogP contribution in [0.3, 0.4) is 0 Å². The van der Waals surface area contributed by atoms with Crippen molar-refractivity contribution in [1.82, 2.24) is 9.96 Å². The van der Waals surface area contributed by atoms with Crippen molar-refractivity contribution in [2.75, 3.05) is 19.5 Å². The fourth-order valence-corrected chi connectivity index (χ4v) is 2.28. The fraction of sp³-hybridized carbons (Fsp3) is 0.778. The Morgan fingerprint density at radius 3 is 2.60 bits per heavy atom. The van der Waals surface area contributed by atoms with Crippen LogP contribution in [0.15, 0.2) is 12.4 Å². The standard InChI is InChI=1S/C9H18N2O3S/c1-3-4-5-8-15(12,13)14-11-7-6-10(2)9-11/h6-7H,3-5,8-9H2,1-2H3. The highest BCUT2D eigenvalue weighted by Gasteiger charge is 2.18. The highest BCUT2D eigenvalue weighted by Crippen LogP contribution is 2.09. The van der Waals surface area contributed by atoms with Crippen molar-refractivity contribution >= 4 is 10.1 Å². The average molecular weight is 234 g/mol. The monoisotopic (exact) mass is 234 g/mol. The van der Waals surface area contributed by atoms with E-state index in [1.165, 1.54) is 5.06 Å². The van der Waals surface area contributed by atoms with Gasteiger partial charge >= 0.3 is 0 Å². The molecule has 0 aromatic heterocycles. The van der Waals surface area contributed by atoms with Gasteiger partial charge in [-0.15, -0.1) is 4.28 Å². The molecule has 0 amide bonds. The van der Waals surface area contributed by atoms with Crippen LogP contribution in [-0.2, 0) is 14.4 Å². The molecule has 1 aliphatic heterocycles. The molecule has 0 N–H and O–H groups in total. The van der Waals surface area contributed by atoms with Gasteiger partial charge in [-0.3, -0.25) is 0 Å². The van der Waals surface area contributed by atoms with E-state index in [0.717, 1.165) is 12.8 Å². The van der Waals surface area contributed by atoms with Crippen molar-refractivity contribution in [2.45, 2.75) is 26.2 Å². The molecule has 6 heteroatoms. The summed E-state index contributed by atoms with van der Waals surface area (Å²) in [6.07, 6.45) is 5.95. The van der Waals surface area contributed by atoms with Crippen LogP contribution in [-0.4, -0.2) is 37.9 Å². The van der Waals surface area contributed by atoms with Gasteiger partial charge in [0.05, 0.1) is 5.75 Å². The summed E-state index contributed by atoms with van der Waals surface area (Å²) in [4.78, 5) is 1.83. The molecule has 0 saturated heterocycles. The first kappa shape index (κ1) is 12.3. The maximum atomic E-state index is 11.5. The van der Waals surface area contributed by atoms with Crippen LogP contribution in [0.4, 0.5) is 0 Å². The molecule has 1 heterocycles. The molecule has 0 fully saturated rings. The Kier molecular flexibility index (Phi) is 4.41. The Balaban J connectivity index is 2.33. The lowest BCUT2D eigenvalue weighted by Gasteiger charge is -2.16. The zero-order valence-corrected chi connectivity index (χ0v) is 10.0. The van der Waals surface area contributed by atoms with Gasteiger partial charge in [-0.05, 0) is 6.42 Å². The second-order valence-corrected chi connectivity index (χ2v) is 5.33. The van der Waals surface area contributed by atoms with Gasteiger partial charge in [-0.25, -0.2) is 5.06 Å². The van der Waals surface area contributed by atoms with Gasteiger partial charge in [0, 0.05) is 19.4 Å². The third kappa shape index (κ3) is 4.53. The smallest absolute Gasteiger partial charge is 0.288 e. The van der Waals surface area contributed by atoms with Gasteiger partial charge in [0.25, 0.3) is 10.1 Å². The molecule has 0 aliphatic carbocycles. The average Bonchev–Trinajstić information content (AvgIpc) is 2.50. The topological polar surface area (TPSA) is 49.9 Å². The number of hydrogen-bond donors (Lipinski definition) is 0. The summed E-state index contributed by atoms with van der Waals surface area (Å²) in [6.45, 7) is 2.48. The lowest BCUT2D eigenvalue weighted by atomic mass is 10.3. The summed E-state index contributed by atoms with van der Waals surface area (Å²) in [5.41, 5.74) is 0. The molecule has 0 unspecified atom stereocenters. The third-order valence-electron chi connectivity index (χ3n) is 2.06. The van der Waals surface area contributed by atoms with E-state index in [-0.39, 0.29) is 5.75 Å². The van der Waals surface area contributed by atoms with E-state index in [1.807, 2.05) is 18.9 Å². The summed E-state index contributed by atoms with van der Waals surface area (Å²) in [5.74, 6) is 0.0922. The lowest BCUT2D eigenvalue weighted by Crippen LogP contribution is -2.27. The molecule has 0 aromatic carbocycles. The van der Waals surface area contributed by atoms with Gasteiger partial charge in [0.2, 0.25) is 0 Å². The quantitative estimate of drug-likeness (QED) is 0.644. The van der Waals surface area contributed by atoms with E-state index in [0.29, 0.717) is 13.1 Å². The number of nitrogens with zero attached hydrogens (tertiary/aromatic N) is 2. The Hall–Kier alpha value is -0.750. The van der Waals surface area contributed by atoms with E-state index in [1.54, 1.807) is 12.4 Å². The lowest BCUT2D eigenvalue weighted by molar-refractivity contribution is -0.0118. The van der Waals surface area contributed by atoms with Crippen LogP contribution in [0.25, 0.3) is 0 Å². The Labute approximate surface area is 91.4 Å². The minimum absolute atomic E-state index is 0.0922. The van der Waals surface area contributed by atoms with E-state index in [2.05, 4.69) is 0 Å². The van der Waals surface area contributed by atoms with Crippen LogP contribution in [0.2, 0.25) is 0 Å². The van der Waals surface area contributed by atoms with Crippen molar-refractivity contribution in [2.24, 2.45) is 0 Å². The summed E-state index contributed by atoms with van der Waals surface area (Å²) in [6, 6.07) is 0. The van der Waals surface area contributed by atoms with Crippen molar-refractivity contribution in [3.63, 3.8) is 0 Å². The van der Waals surface area contributed by atoms with Crippen molar-refractivity contribution < 1.29 is 12.7 Å². The molecule has 0 spiro atoms. The first-order chi connectivity index (χ1) is 7.03. The molecule has 1 rings (SSSR count). The predicted octanol–water partition coefficient (Wildman–Crippen LogP) is 1.11. The first-order valence-electron chi connectivity index (χ1n) is 5.11. The van der Waals surface area contributed by atoms with Crippen LogP contribution in [0.1, 0.15) is 26.2 Å². The van der Waals surface area contributed by atoms with Crippen molar-refractivity contribution in [3.05, 3.63) is 12.4 Å². The van der Waals surface area contributed by atoms with Crippen molar-refractivity contribution in [1.29, 1.82) is 0 Å². The number of rotatable bonds is 6. The minimum Gasteiger partial charge on any atom is -0.360 e. The third-order valence-corrected chi connectivity index (χ3v) is 3.26. The number of hydroxylamine groups is 2. The van der Waals surface area contributed by atoms with Gasteiger partial charge in [-0.2, -0.15) is 8.42 Å². The molecule has 5 nitrogen and oxygen atoms in total. The van der Waals surface area contributed by atoms with Gasteiger partial charge in [0.1, 0.15) is 6.67 Å². The summed E-state index contributed by atoms with van der Waals surface area (Å²) < 4.78 is 27.8. The molecule has 0 saturated carbocycles. The molecule has 0 atom stereocenters. The van der Waals surface area contributed by atoms with Gasteiger partial charge in [-0.1, -0.05) is 19.8 Å². The highest BCUT2D eigenvalue weighted by molar-refractivity contribution is 7.86. The van der Waals surface area contributed by atoms with Crippen LogP contribution in [0, 0.1) is 0 Å². The molecule has 0 bridgehead atoms.